The number of carboxylic acid groups (broad SMARTS) is 1. The van der Waals surface area contributed by atoms with E-state index in [2.05, 4.69) is 60.6 Å². The van der Waals surface area contributed by atoms with Crippen LogP contribution in [-0.4, -0.2) is 24.2 Å². The first-order valence-electron chi connectivity index (χ1n) is 17.1. The van der Waals surface area contributed by atoms with Crippen molar-refractivity contribution in [2.75, 3.05) is 7.11 Å². The van der Waals surface area contributed by atoms with E-state index < -0.39 is 11.4 Å². The van der Waals surface area contributed by atoms with Gasteiger partial charge in [-0.25, -0.2) is 4.79 Å². The first-order chi connectivity index (χ1) is 19.7. The smallest absolute Gasteiger partial charge is 0.337 e. The molecule has 0 spiro atoms. The van der Waals surface area contributed by atoms with Crippen LogP contribution in [0.5, 0.6) is 0 Å². The van der Waals surface area contributed by atoms with Crippen molar-refractivity contribution in [1.82, 2.24) is 0 Å². The molecule has 1 aromatic carbocycles. The Balaban J connectivity index is 1.32. The van der Waals surface area contributed by atoms with Gasteiger partial charge < -0.3 is 9.84 Å². The molecule has 0 aliphatic heterocycles. The molecule has 6 rings (SSSR count). The minimum absolute atomic E-state index is 0.165. The molecular formula is C38H56O4. The SMILES string of the molecule is COC(=O)c1ccc([C@@H]2CC[C@]3(C)[C@H]4CC[C@@H]5[C@H]6[C@H](C(C)C)CC[C@]6(C(=O)O)CC[C@@]5(C)[C@]4(C)CC[C@H]3C2(C)C)cc1. The second-order valence-corrected chi connectivity index (χ2v) is 17.1. The highest BCUT2D eigenvalue weighted by molar-refractivity contribution is 5.89. The molecule has 5 saturated carbocycles. The zero-order valence-corrected chi connectivity index (χ0v) is 27.6. The van der Waals surface area contributed by atoms with E-state index in [0.717, 1.165) is 25.7 Å². The van der Waals surface area contributed by atoms with Crippen molar-refractivity contribution in [3.63, 3.8) is 0 Å². The number of benzene rings is 1. The molecule has 0 radical (unpaired) electrons. The molecule has 5 fully saturated rings. The number of hydrogen-bond donors (Lipinski definition) is 1. The van der Waals surface area contributed by atoms with Crippen LogP contribution in [0.4, 0.5) is 0 Å². The maximum absolute atomic E-state index is 13.0. The number of carboxylic acids is 1. The van der Waals surface area contributed by atoms with Crippen molar-refractivity contribution >= 4 is 11.9 Å². The number of aliphatic carboxylic acids is 1. The van der Waals surface area contributed by atoms with E-state index >= 15 is 0 Å². The lowest BCUT2D eigenvalue weighted by atomic mass is 9.31. The third-order valence-electron chi connectivity index (χ3n) is 15.5. The van der Waals surface area contributed by atoms with Gasteiger partial charge in [0.25, 0.3) is 0 Å². The maximum Gasteiger partial charge on any atom is 0.337 e. The van der Waals surface area contributed by atoms with E-state index in [-0.39, 0.29) is 22.2 Å². The van der Waals surface area contributed by atoms with Crippen LogP contribution in [0, 0.1) is 62.6 Å². The van der Waals surface area contributed by atoms with Crippen molar-refractivity contribution in [3.05, 3.63) is 35.4 Å². The lowest BCUT2D eigenvalue weighted by Crippen LogP contribution is -2.66. The summed E-state index contributed by atoms with van der Waals surface area (Å²) in [5.74, 6) is 2.99. The van der Waals surface area contributed by atoms with Gasteiger partial charge in [0, 0.05) is 0 Å². The molecule has 0 bridgehead atoms. The molecular weight excluding hydrogens is 520 g/mol. The van der Waals surface area contributed by atoms with E-state index in [1.807, 2.05) is 12.1 Å². The first kappa shape index (κ1) is 30.2. The molecule has 1 aromatic rings. The molecule has 0 aromatic heterocycles. The number of methoxy groups -OCH3 is 1. The highest BCUT2D eigenvalue weighted by Gasteiger charge is 2.72. The minimum Gasteiger partial charge on any atom is -0.481 e. The number of rotatable bonds is 4. The van der Waals surface area contributed by atoms with Crippen LogP contribution in [0.25, 0.3) is 0 Å². The van der Waals surface area contributed by atoms with Crippen LogP contribution in [0.2, 0.25) is 0 Å². The molecule has 0 heterocycles. The zero-order valence-electron chi connectivity index (χ0n) is 27.6. The summed E-state index contributed by atoms with van der Waals surface area (Å²) in [4.78, 5) is 25.0. The van der Waals surface area contributed by atoms with Gasteiger partial charge >= 0.3 is 11.9 Å². The second-order valence-electron chi connectivity index (χ2n) is 17.1. The summed E-state index contributed by atoms with van der Waals surface area (Å²) in [7, 11) is 1.44. The van der Waals surface area contributed by atoms with E-state index in [1.165, 1.54) is 51.2 Å². The largest absolute Gasteiger partial charge is 0.481 e. The molecule has 0 amide bonds. The molecule has 232 valence electrons. The fourth-order valence-corrected chi connectivity index (χ4v) is 13.3. The van der Waals surface area contributed by atoms with Crippen molar-refractivity contribution < 1.29 is 19.4 Å². The van der Waals surface area contributed by atoms with Gasteiger partial charge in [-0.1, -0.05) is 60.6 Å². The normalized spacial score (nSPS) is 45.7. The van der Waals surface area contributed by atoms with Crippen LogP contribution in [-0.2, 0) is 9.53 Å². The molecule has 4 heteroatoms. The van der Waals surface area contributed by atoms with Crippen molar-refractivity contribution in [3.8, 4) is 0 Å². The average molecular weight is 577 g/mol. The highest BCUT2D eigenvalue weighted by atomic mass is 16.5. The summed E-state index contributed by atoms with van der Waals surface area (Å²) in [5, 5.41) is 10.7. The summed E-state index contributed by atoms with van der Waals surface area (Å²) in [6.45, 7) is 17.7. The van der Waals surface area contributed by atoms with Gasteiger partial charge in [0.2, 0.25) is 0 Å². The van der Waals surface area contributed by atoms with Gasteiger partial charge in [-0.05, 0) is 145 Å². The van der Waals surface area contributed by atoms with Crippen molar-refractivity contribution in [2.45, 2.75) is 119 Å². The Labute approximate surface area is 254 Å². The third kappa shape index (κ3) is 3.84. The fourth-order valence-electron chi connectivity index (χ4n) is 13.3. The van der Waals surface area contributed by atoms with E-state index in [0.29, 0.717) is 52.4 Å². The molecule has 1 N–H and O–H groups in total. The lowest BCUT2D eigenvalue weighted by molar-refractivity contribution is -0.241. The number of ether oxygens (including phenoxy) is 1. The second kappa shape index (κ2) is 9.83. The van der Waals surface area contributed by atoms with Crippen LogP contribution in [0.1, 0.15) is 135 Å². The summed E-state index contributed by atoms with van der Waals surface area (Å²) in [6, 6.07) is 8.23. The van der Waals surface area contributed by atoms with Gasteiger partial charge in [-0.3, -0.25) is 4.79 Å². The molecule has 0 saturated heterocycles. The van der Waals surface area contributed by atoms with Gasteiger partial charge in [-0.2, -0.15) is 0 Å². The van der Waals surface area contributed by atoms with E-state index in [1.54, 1.807) is 0 Å². The maximum atomic E-state index is 13.0. The Morgan fingerprint density at radius 3 is 2.12 bits per heavy atom. The summed E-state index contributed by atoms with van der Waals surface area (Å²) < 4.78 is 4.94. The first-order valence-corrected chi connectivity index (χ1v) is 17.1. The molecule has 5 aliphatic carbocycles. The van der Waals surface area contributed by atoms with Gasteiger partial charge in [0.15, 0.2) is 0 Å². The Morgan fingerprint density at radius 1 is 0.810 bits per heavy atom. The van der Waals surface area contributed by atoms with Crippen LogP contribution in [0.3, 0.4) is 0 Å². The number of carbonyl (C=O) groups is 2. The standard InChI is InChI=1S/C38H56O4/c1-23(2)26-15-20-38(33(40)41)22-21-36(6)28(31(26)38)13-14-30-35(5)18-16-27(24-9-11-25(12-10-24)32(39)42-8)34(3,4)29(35)17-19-37(30,36)7/h9-12,23,26-31H,13-22H2,1-8H3,(H,40,41)/t26-,27-,28+,29-,30+,31+,35-,36+,37+,38-/m0/s1. The van der Waals surface area contributed by atoms with Crippen LogP contribution in [0.15, 0.2) is 24.3 Å². The quantitative estimate of drug-likeness (QED) is 0.363. The molecule has 4 nitrogen and oxygen atoms in total. The summed E-state index contributed by atoms with van der Waals surface area (Å²) in [6.07, 6.45) is 11.4. The number of fused-ring (bicyclic) bond motifs is 7. The highest BCUT2D eigenvalue weighted by Crippen LogP contribution is 2.78. The Morgan fingerprint density at radius 2 is 1.50 bits per heavy atom. The summed E-state index contributed by atoms with van der Waals surface area (Å²) in [5.41, 5.74) is 2.40. The minimum atomic E-state index is -0.500. The number of esters is 1. The van der Waals surface area contributed by atoms with Gasteiger partial charge in [-0.15, -0.1) is 0 Å². The number of carbonyl (C=O) groups excluding carboxylic acids is 1. The number of hydrogen-bond acceptors (Lipinski definition) is 3. The third-order valence-corrected chi connectivity index (χ3v) is 15.5. The van der Waals surface area contributed by atoms with E-state index in [4.69, 9.17) is 4.74 Å². The van der Waals surface area contributed by atoms with E-state index in [9.17, 15) is 14.7 Å². The topological polar surface area (TPSA) is 63.6 Å². The van der Waals surface area contributed by atoms with Crippen molar-refractivity contribution in [2.24, 2.45) is 62.6 Å². The lowest BCUT2D eigenvalue weighted by Gasteiger charge is -2.73. The van der Waals surface area contributed by atoms with Gasteiger partial charge in [0.1, 0.15) is 0 Å². The van der Waals surface area contributed by atoms with Crippen LogP contribution < -0.4 is 0 Å². The predicted molar refractivity (Wildman–Crippen MR) is 167 cm³/mol. The zero-order chi connectivity index (χ0) is 30.5. The summed E-state index contributed by atoms with van der Waals surface area (Å²) >= 11 is 0. The van der Waals surface area contributed by atoms with Crippen LogP contribution >= 0.6 is 0 Å². The molecule has 5 aliphatic rings. The molecule has 42 heavy (non-hydrogen) atoms. The Kier molecular flexibility index (Phi) is 7.07. The Hall–Kier alpha value is -1.84. The monoisotopic (exact) mass is 576 g/mol. The van der Waals surface area contributed by atoms with Crippen molar-refractivity contribution in [1.29, 1.82) is 0 Å². The fraction of sp³-hybridized carbons (Fsp3) is 0.789. The predicted octanol–water partition coefficient (Wildman–Crippen LogP) is 9.38. The Bertz CT molecular complexity index is 1230. The average Bonchev–Trinajstić information content (AvgIpc) is 3.34. The molecule has 0 unspecified atom stereocenters. The molecule has 10 atom stereocenters. The van der Waals surface area contributed by atoms with Gasteiger partial charge in [0.05, 0.1) is 18.1 Å².